The molecule has 0 bridgehead atoms. The molecule has 156 valence electrons. The van der Waals surface area contributed by atoms with E-state index in [1.54, 1.807) is 31.2 Å². The van der Waals surface area contributed by atoms with E-state index < -0.39 is 17.9 Å². The Kier molecular flexibility index (Phi) is 6.51. The predicted octanol–water partition coefficient (Wildman–Crippen LogP) is 3.05. The summed E-state index contributed by atoms with van der Waals surface area (Å²) in [5, 5.41) is 18.1. The molecule has 1 heterocycles. The van der Waals surface area contributed by atoms with Crippen LogP contribution < -0.4 is 15.2 Å². The van der Waals surface area contributed by atoms with Gasteiger partial charge in [0.2, 0.25) is 0 Å². The number of amides is 1. The Balaban J connectivity index is 1.87. The Hall–Kier alpha value is -3.61. The molecule has 0 saturated heterocycles. The molecule has 30 heavy (non-hydrogen) atoms. The Morgan fingerprint density at radius 1 is 1.10 bits per heavy atom. The lowest BCUT2D eigenvalue weighted by Crippen LogP contribution is -2.34. The van der Waals surface area contributed by atoms with Crippen LogP contribution in [-0.4, -0.2) is 23.1 Å². The standard InChI is InChI=1S/C23H24N2O5/c1-14(2)29-18-11-9-16(10-12-18)19(13-20(26)27)24-23(28)21-15(3)30-25-22(21)17-7-5-4-6-8-17/h4-12,14,19H,13H2,1-3H3,(H,24,28)(H,26,27)/p-1/t19-/m1/s1. The van der Waals surface area contributed by atoms with Gasteiger partial charge in [-0.05, 0) is 38.5 Å². The van der Waals surface area contributed by atoms with Gasteiger partial charge in [0.15, 0.2) is 0 Å². The van der Waals surface area contributed by atoms with Crippen molar-refractivity contribution in [2.75, 3.05) is 0 Å². The van der Waals surface area contributed by atoms with Crippen molar-refractivity contribution in [2.45, 2.75) is 39.3 Å². The molecule has 1 aromatic heterocycles. The first kappa shape index (κ1) is 21.1. The van der Waals surface area contributed by atoms with Gasteiger partial charge in [0.1, 0.15) is 22.8 Å². The number of benzene rings is 2. The summed E-state index contributed by atoms with van der Waals surface area (Å²) in [6.45, 7) is 5.47. The van der Waals surface area contributed by atoms with Gasteiger partial charge in [-0.1, -0.05) is 47.6 Å². The van der Waals surface area contributed by atoms with E-state index in [-0.39, 0.29) is 18.1 Å². The third-order valence-corrected chi connectivity index (χ3v) is 4.47. The quantitative estimate of drug-likeness (QED) is 0.615. The van der Waals surface area contributed by atoms with Crippen LogP contribution in [0.1, 0.15) is 48.0 Å². The van der Waals surface area contributed by atoms with Gasteiger partial charge in [0, 0.05) is 18.0 Å². The smallest absolute Gasteiger partial charge is 0.257 e. The van der Waals surface area contributed by atoms with E-state index in [1.165, 1.54) is 0 Å². The number of carboxylic acids is 1. The molecule has 0 aliphatic rings. The van der Waals surface area contributed by atoms with Gasteiger partial charge in [-0.15, -0.1) is 0 Å². The zero-order chi connectivity index (χ0) is 21.7. The maximum atomic E-state index is 13.0. The van der Waals surface area contributed by atoms with Crippen LogP contribution in [0.5, 0.6) is 5.75 Å². The molecule has 2 aromatic carbocycles. The summed E-state index contributed by atoms with van der Waals surface area (Å²) in [5.74, 6) is -0.734. The second kappa shape index (κ2) is 9.26. The topological polar surface area (TPSA) is 104 Å². The van der Waals surface area contributed by atoms with Gasteiger partial charge in [-0.2, -0.15) is 0 Å². The SMILES string of the molecule is Cc1onc(-c2ccccc2)c1C(=O)N[C@H](CC(=O)[O-])c1ccc(OC(C)C)cc1. The Morgan fingerprint density at radius 3 is 2.37 bits per heavy atom. The molecule has 7 nitrogen and oxygen atoms in total. The maximum absolute atomic E-state index is 13.0. The molecule has 3 aromatic rings. The Labute approximate surface area is 174 Å². The molecule has 0 saturated carbocycles. The molecule has 0 fully saturated rings. The van der Waals surface area contributed by atoms with Gasteiger partial charge in [-0.25, -0.2) is 0 Å². The lowest BCUT2D eigenvalue weighted by atomic mass is 10.0. The fourth-order valence-corrected chi connectivity index (χ4v) is 3.13. The minimum absolute atomic E-state index is 0.0162. The van der Waals surface area contributed by atoms with E-state index in [9.17, 15) is 14.7 Å². The number of nitrogens with zero attached hydrogens (tertiary/aromatic N) is 1. The van der Waals surface area contributed by atoms with Gasteiger partial charge in [-0.3, -0.25) is 4.79 Å². The van der Waals surface area contributed by atoms with Crippen molar-refractivity contribution < 1.29 is 24.0 Å². The summed E-state index contributed by atoms with van der Waals surface area (Å²) in [4.78, 5) is 24.4. The fraction of sp³-hybridized carbons (Fsp3) is 0.261. The number of aliphatic carboxylic acids is 1. The highest BCUT2D eigenvalue weighted by molar-refractivity contribution is 6.01. The maximum Gasteiger partial charge on any atom is 0.257 e. The van der Waals surface area contributed by atoms with Crippen LogP contribution in [0, 0.1) is 6.92 Å². The van der Waals surface area contributed by atoms with Crippen molar-refractivity contribution in [2.24, 2.45) is 0 Å². The summed E-state index contributed by atoms with van der Waals surface area (Å²) < 4.78 is 10.8. The molecule has 1 amide bonds. The van der Waals surface area contributed by atoms with E-state index in [4.69, 9.17) is 9.26 Å². The number of nitrogens with one attached hydrogen (secondary N) is 1. The van der Waals surface area contributed by atoms with Gasteiger partial charge in [0.25, 0.3) is 5.91 Å². The largest absolute Gasteiger partial charge is 0.550 e. The van der Waals surface area contributed by atoms with Gasteiger partial charge < -0.3 is 24.5 Å². The summed E-state index contributed by atoms with van der Waals surface area (Å²) in [6, 6.07) is 15.3. The third kappa shape index (κ3) is 5.05. The highest BCUT2D eigenvalue weighted by atomic mass is 16.5. The molecule has 0 spiro atoms. The molecular weight excluding hydrogens is 384 g/mol. The van der Waals surface area contributed by atoms with Crippen molar-refractivity contribution in [1.29, 1.82) is 0 Å². The van der Waals surface area contributed by atoms with Crippen LogP contribution in [0.4, 0.5) is 0 Å². The van der Waals surface area contributed by atoms with Gasteiger partial charge >= 0.3 is 0 Å². The average molecular weight is 407 g/mol. The van der Waals surface area contributed by atoms with Crippen molar-refractivity contribution in [1.82, 2.24) is 10.5 Å². The van der Waals surface area contributed by atoms with Crippen molar-refractivity contribution in [3.05, 3.63) is 71.5 Å². The number of carboxylic acid groups (broad SMARTS) is 1. The summed E-state index contributed by atoms with van der Waals surface area (Å²) in [7, 11) is 0. The number of hydrogen-bond acceptors (Lipinski definition) is 6. The molecule has 0 aliphatic heterocycles. The molecule has 0 aliphatic carbocycles. The molecule has 0 radical (unpaired) electrons. The van der Waals surface area contributed by atoms with E-state index in [0.29, 0.717) is 22.8 Å². The molecule has 1 atom stereocenters. The van der Waals surface area contributed by atoms with E-state index in [0.717, 1.165) is 5.56 Å². The van der Waals surface area contributed by atoms with E-state index >= 15 is 0 Å². The van der Waals surface area contributed by atoms with Crippen LogP contribution in [0.25, 0.3) is 11.3 Å². The number of ether oxygens (including phenoxy) is 1. The highest BCUT2D eigenvalue weighted by Gasteiger charge is 2.24. The summed E-state index contributed by atoms with van der Waals surface area (Å²) >= 11 is 0. The number of aromatic nitrogens is 1. The first-order chi connectivity index (χ1) is 14.3. The van der Waals surface area contributed by atoms with Crippen LogP contribution in [0.3, 0.4) is 0 Å². The van der Waals surface area contributed by atoms with Gasteiger partial charge in [0.05, 0.1) is 12.1 Å². The number of carbonyl (C=O) groups is 2. The number of aryl methyl sites for hydroxylation is 1. The molecule has 3 rings (SSSR count). The van der Waals surface area contributed by atoms with Crippen LogP contribution in [0.2, 0.25) is 0 Å². The Bertz CT molecular complexity index is 1010. The van der Waals surface area contributed by atoms with Crippen LogP contribution in [-0.2, 0) is 4.79 Å². The lowest BCUT2D eigenvalue weighted by molar-refractivity contribution is -0.306. The van der Waals surface area contributed by atoms with Crippen molar-refractivity contribution in [3.8, 4) is 17.0 Å². The second-order valence-corrected chi connectivity index (χ2v) is 7.17. The molecular formula is C23H23N2O5-. The fourth-order valence-electron chi connectivity index (χ4n) is 3.13. The minimum Gasteiger partial charge on any atom is -0.550 e. The van der Waals surface area contributed by atoms with E-state index in [2.05, 4.69) is 10.5 Å². The average Bonchev–Trinajstić information content (AvgIpc) is 3.09. The number of carbonyl (C=O) groups excluding carboxylic acids is 2. The van der Waals surface area contributed by atoms with Crippen molar-refractivity contribution in [3.63, 3.8) is 0 Å². The zero-order valence-electron chi connectivity index (χ0n) is 17.0. The monoisotopic (exact) mass is 407 g/mol. The summed E-state index contributed by atoms with van der Waals surface area (Å²) in [6.07, 6.45) is -0.358. The lowest BCUT2D eigenvalue weighted by Gasteiger charge is -2.20. The normalized spacial score (nSPS) is 11.9. The number of hydrogen-bond donors (Lipinski definition) is 1. The van der Waals surface area contributed by atoms with Crippen LogP contribution >= 0.6 is 0 Å². The van der Waals surface area contributed by atoms with Crippen LogP contribution in [0.15, 0.2) is 59.1 Å². The first-order valence-corrected chi connectivity index (χ1v) is 9.64. The predicted molar refractivity (Wildman–Crippen MR) is 109 cm³/mol. The third-order valence-electron chi connectivity index (χ3n) is 4.47. The highest BCUT2D eigenvalue weighted by Crippen LogP contribution is 2.27. The van der Waals surface area contributed by atoms with E-state index in [1.807, 2.05) is 44.2 Å². The van der Waals surface area contributed by atoms with Crippen molar-refractivity contribution >= 4 is 11.9 Å². The Morgan fingerprint density at radius 2 is 1.77 bits per heavy atom. The first-order valence-electron chi connectivity index (χ1n) is 9.64. The zero-order valence-corrected chi connectivity index (χ0v) is 17.0. The second-order valence-electron chi connectivity index (χ2n) is 7.17. The number of rotatable bonds is 8. The summed E-state index contributed by atoms with van der Waals surface area (Å²) in [5.41, 5.74) is 2.02. The minimum atomic E-state index is -1.27. The molecule has 0 unspecified atom stereocenters. The molecule has 7 heteroatoms. The molecule has 1 N–H and O–H groups in total.